The van der Waals surface area contributed by atoms with E-state index in [1.54, 1.807) is 24.3 Å². The lowest BCUT2D eigenvalue weighted by atomic mass is 10.1. The van der Waals surface area contributed by atoms with Crippen molar-refractivity contribution in [3.63, 3.8) is 0 Å². The Bertz CT molecular complexity index is 694. The van der Waals surface area contributed by atoms with Crippen LogP contribution >= 0.6 is 15.9 Å². The number of allylic oxidation sites excluding steroid dienone is 1. The molecule has 2 nitrogen and oxygen atoms in total. The number of ether oxygens (including phenoxy) is 1. The van der Waals surface area contributed by atoms with Crippen molar-refractivity contribution in [2.24, 2.45) is 0 Å². The summed E-state index contributed by atoms with van der Waals surface area (Å²) in [5.74, 6) is -1.11. The third-order valence-corrected chi connectivity index (χ3v) is 3.15. The van der Waals surface area contributed by atoms with Crippen LogP contribution in [0, 0.1) is 0 Å². The van der Waals surface area contributed by atoms with E-state index in [-0.39, 0.29) is 5.56 Å². The van der Waals surface area contributed by atoms with Gasteiger partial charge < -0.3 is 4.74 Å². The zero-order valence-corrected chi connectivity index (χ0v) is 12.7. The molecule has 0 aliphatic heterocycles. The molecular weight excluding hydrogens is 361 g/mol. The van der Waals surface area contributed by atoms with Crippen LogP contribution in [0.4, 0.5) is 13.2 Å². The van der Waals surface area contributed by atoms with Crippen molar-refractivity contribution in [3.05, 3.63) is 70.2 Å². The third kappa shape index (κ3) is 4.73. The van der Waals surface area contributed by atoms with Crippen molar-refractivity contribution in [2.45, 2.75) is 6.36 Å². The van der Waals surface area contributed by atoms with Crippen LogP contribution in [0.15, 0.2) is 59.1 Å². The molecule has 2 aromatic rings. The molecule has 0 aromatic heterocycles. The summed E-state index contributed by atoms with van der Waals surface area (Å²) >= 11 is 3.05. The maximum absolute atomic E-state index is 12.4. The van der Waals surface area contributed by atoms with Gasteiger partial charge in [0, 0.05) is 4.47 Å². The molecule has 6 heteroatoms. The van der Waals surface area contributed by atoms with Crippen molar-refractivity contribution in [3.8, 4) is 5.75 Å². The van der Waals surface area contributed by atoms with Gasteiger partial charge in [-0.05, 0) is 29.8 Å². The number of alkyl halides is 3. The maximum atomic E-state index is 12.4. The number of rotatable bonds is 4. The van der Waals surface area contributed by atoms with E-state index >= 15 is 0 Å². The van der Waals surface area contributed by atoms with Gasteiger partial charge in [0.25, 0.3) is 0 Å². The molecule has 114 valence electrons. The largest absolute Gasteiger partial charge is 0.573 e. The highest BCUT2D eigenvalue weighted by Crippen LogP contribution is 2.30. The molecule has 0 saturated heterocycles. The average molecular weight is 371 g/mol. The number of ketones is 1. The first kappa shape index (κ1) is 16.3. The van der Waals surface area contributed by atoms with E-state index in [2.05, 4.69) is 20.7 Å². The zero-order valence-electron chi connectivity index (χ0n) is 11.1. The van der Waals surface area contributed by atoms with Crippen molar-refractivity contribution in [2.75, 3.05) is 0 Å². The van der Waals surface area contributed by atoms with Gasteiger partial charge in [-0.25, -0.2) is 0 Å². The quantitative estimate of drug-likeness (QED) is 0.543. The summed E-state index contributed by atoms with van der Waals surface area (Å²) in [7, 11) is 0. The molecule has 0 spiro atoms. The molecule has 0 aliphatic carbocycles. The van der Waals surface area contributed by atoms with Crippen LogP contribution in [0.25, 0.3) is 6.08 Å². The molecule has 0 N–H and O–H groups in total. The molecule has 0 bridgehead atoms. The maximum Gasteiger partial charge on any atom is 0.573 e. The van der Waals surface area contributed by atoms with Gasteiger partial charge >= 0.3 is 6.36 Å². The van der Waals surface area contributed by atoms with Crippen LogP contribution in [0.2, 0.25) is 0 Å². The van der Waals surface area contributed by atoms with E-state index in [1.807, 2.05) is 6.07 Å². The second-order valence-electron chi connectivity index (χ2n) is 4.30. The Morgan fingerprint density at radius 3 is 2.41 bits per heavy atom. The van der Waals surface area contributed by atoms with E-state index < -0.39 is 17.9 Å². The Morgan fingerprint density at radius 1 is 1.09 bits per heavy atom. The molecule has 0 heterocycles. The molecular formula is C16H10BrF3O2. The van der Waals surface area contributed by atoms with Gasteiger partial charge in [-0.15, -0.1) is 13.2 Å². The van der Waals surface area contributed by atoms with E-state index in [4.69, 9.17) is 0 Å². The second kappa shape index (κ2) is 6.79. The van der Waals surface area contributed by atoms with Crippen LogP contribution in [-0.2, 0) is 0 Å². The van der Waals surface area contributed by atoms with E-state index in [1.165, 1.54) is 24.3 Å². The molecule has 0 saturated carbocycles. The lowest BCUT2D eigenvalue weighted by molar-refractivity contribution is -0.274. The minimum Gasteiger partial charge on any atom is -0.405 e. The number of hydrogen-bond acceptors (Lipinski definition) is 2. The van der Waals surface area contributed by atoms with Crippen molar-refractivity contribution < 1.29 is 22.7 Å². The zero-order chi connectivity index (χ0) is 16.2. The normalized spacial score (nSPS) is 11.6. The highest BCUT2D eigenvalue weighted by molar-refractivity contribution is 9.10. The Labute approximate surface area is 133 Å². The van der Waals surface area contributed by atoms with Crippen molar-refractivity contribution >= 4 is 27.8 Å². The molecule has 2 rings (SSSR count). The first-order valence-corrected chi connectivity index (χ1v) is 6.97. The number of hydrogen-bond donors (Lipinski definition) is 0. The second-order valence-corrected chi connectivity index (χ2v) is 5.21. The van der Waals surface area contributed by atoms with Gasteiger partial charge in [0.15, 0.2) is 5.78 Å². The van der Waals surface area contributed by atoms with Crippen LogP contribution in [-0.4, -0.2) is 12.1 Å². The smallest absolute Gasteiger partial charge is 0.405 e. The van der Waals surface area contributed by atoms with Crippen LogP contribution in [0.3, 0.4) is 0 Å². The van der Waals surface area contributed by atoms with E-state index in [9.17, 15) is 18.0 Å². The average Bonchev–Trinajstić information content (AvgIpc) is 2.44. The standard InChI is InChI=1S/C16H10BrF3O2/c17-12-7-8-13(15(10-12)22-16(18,19)20)14(21)9-6-11-4-2-1-3-5-11/h1-10H. The van der Waals surface area contributed by atoms with Crippen LogP contribution < -0.4 is 4.74 Å². The third-order valence-electron chi connectivity index (χ3n) is 2.66. The summed E-state index contributed by atoms with van der Waals surface area (Å²) in [6.45, 7) is 0. The van der Waals surface area contributed by atoms with Crippen molar-refractivity contribution in [1.82, 2.24) is 0 Å². The number of halogens is 4. The predicted molar refractivity (Wildman–Crippen MR) is 80.6 cm³/mol. The Morgan fingerprint density at radius 2 is 1.77 bits per heavy atom. The fourth-order valence-corrected chi connectivity index (χ4v) is 2.07. The monoisotopic (exact) mass is 370 g/mol. The number of carbonyl (C=O) groups is 1. The van der Waals surface area contributed by atoms with Gasteiger partial charge in [0.1, 0.15) is 5.75 Å². The Kier molecular flexibility index (Phi) is 5.03. The van der Waals surface area contributed by atoms with Crippen LogP contribution in [0.5, 0.6) is 5.75 Å². The highest BCUT2D eigenvalue weighted by Gasteiger charge is 2.32. The molecule has 2 aromatic carbocycles. The lowest BCUT2D eigenvalue weighted by Gasteiger charge is -2.12. The first-order valence-electron chi connectivity index (χ1n) is 6.18. The molecule has 0 radical (unpaired) electrons. The summed E-state index contributed by atoms with van der Waals surface area (Å²) in [5.41, 5.74) is 0.610. The molecule has 0 unspecified atom stereocenters. The molecule has 0 fully saturated rings. The molecule has 0 aliphatic rings. The fourth-order valence-electron chi connectivity index (χ4n) is 1.73. The van der Waals surface area contributed by atoms with Gasteiger partial charge in [-0.3, -0.25) is 4.79 Å². The van der Waals surface area contributed by atoms with Crippen LogP contribution in [0.1, 0.15) is 15.9 Å². The summed E-state index contributed by atoms with van der Waals surface area (Å²) in [5, 5.41) is 0. The highest BCUT2D eigenvalue weighted by atomic mass is 79.9. The summed E-state index contributed by atoms with van der Waals surface area (Å²) in [4.78, 5) is 12.1. The lowest BCUT2D eigenvalue weighted by Crippen LogP contribution is -2.18. The molecule has 0 amide bonds. The van der Waals surface area contributed by atoms with E-state index in [0.29, 0.717) is 4.47 Å². The van der Waals surface area contributed by atoms with Gasteiger partial charge in [-0.2, -0.15) is 0 Å². The number of benzene rings is 2. The Hall–Kier alpha value is -2.08. The fraction of sp³-hybridized carbons (Fsp3) is 0.0625. The minimum absolute atomic E-state index is 0.160. The summed E-state index contributed by atoms with van der Waals surface area (Å²) < 4.78 is 41.5. The first-order chi connectivity index (χ1) is 10.3. The van der Waals surface area contributed by atoms with Gasteiger partial charge in [0.05, 0.1) is 5.56 Å². The van der Waals surface area contributed by atoms with Gasteiger partial charge in [-0.1, -0.05) is 52.3 Å². The van der Waals surface area contributed by atoms with Crippen molar-refractivity contribution in [1.29, 1.82) is 0 Å². The van der Waals surface area contributed by atoms with Gasteiger partial charge in [0.2, 0.25) is 0 Å². The molecule has 0 atom stereocenters. The van der Waals surface area contributed by atoms with E-state index in [0.717, 1.165) is 11.6 Å². The predicted octanol–water partition coefficient (Wildman–Crippen LogP) is 5.24. The number of carbonyl (C=O) groups excluding carboxylic acids is 1. The molecule has 22 heavy (non-hydrogen) atoms. The minimum atomic E-state index is -4.86. The topological polar surface area (TPSA) is 26.3 Å². The SMILES string of the molecule is O=C(C=Cc1ccccc1)c1ccc(Br)cc1OC(F)(F)F. The Balaban J connectivity index is 2.27. The summed E-state index contributed by atoms with van der Waals surface area (Å²) in [6, 6.07) is 12.8. The summed E-state index contributed by atoms with van der Waals surface area (Å²) in [6.07, 6.45) is -2.12.